The van der Waals surface area contributed by atoms with E-state index in [1.54, 1.807) is 0 Å². The molecule has 0 saturated heterocycles. The number of hydrogen-bond donors (Lipinski definition) is 3. The van der Waals surface area contributed by atoms with Gasteiger partial charge in [0.05, 0.1) is 0 Å². The molecule has 98 valence electrons. The van der Waals surface area contributed by atoms with Crippen LogP contribution in [0.15, 0.2) is 24.3 Å². The highest BCUT2D eigenvalue weighted by Crippen LogP contribution is 2.24. The van der Waals surface area contributed by atoms with E-state index < -0.39 is 0 Å². The van der Waals surface area contributed by atoms with Crippen molar-refractivity contribution in [1.29, 1.82) is 0 Å². The SMILES string of the molecule is O=C(NCCCCCO)[C@@H]1Cc2ccccc2N1. The molecule has 1 aromatic rings. The number of para-hydroxylation sites is 1. The molecule has 0 aliphatic carbocycles. The Morgan fingerprint density at radius 2 is 2.17 bits per heavy atom. The summed E-state index contributed by atoms with van der Waals surface area (Å²) in [6.07, 6.45) is 3.45. The molecule has 4 heteroatoms. The van der Waals surface area contributed by atoms with E-state index >= 15 is 0 Å². The summed E-state index contributed by atoms with van der Waals surface area (Å²) in [4.78, 5) is 11.9. The second-order valence-electron chi connectivity index (χ2n) is 4.63. The summed E-state index contributed by atoms with van der Waals surface area (Å²) in [5.74, 6) is 0.0650. The Bertz CT molecular complexity index is 382. The number of fused-ring (bicyclic) bond motifs is 1. The predicted molar refractivity (Wildman–Crippen MR) is 71.5 cm³/mol. The number of nitrogens with one attached hydrogen (secondary N) is 2. The van der Waals surface area contributed by atoms with Gasteiger partial charge in [-0.05, 0) is 30.9 Å². The van der Waals surface area contributed by atoms with Gasteiger partial charge >= 0.3 is 0 Å². The highest BCUT2D eigenvalue weighted by atomic mass is 16.2. The fraction of sp³-hybridized carbons (Fsp3) is 0.500. The summed E-state index contributed by atoms with van der Waals surface area (Å²) in [5, 5.41) is 14.8. The standard InChI is InChI=1S/C14H20N2O2/c17-9-5-1-4-8-15-14(18)13-10-11-6-2-3-7-12(11)16-13/h2-3,6-7,13,16-17H,1,4-5,8-10H2,(H,15,18)/t13-/m0/s1. The van der Waals surface area contributed by atoms with Crippen LogP contribution in [-0.4, -0.2) is 30.2 Å². The number of aliphatic hydroxyl groups excluding tert-OH is 1. The molecule has 4 nitrogen and oxygen atoms in total. The van der Waals surface area contributed by atoms with Gasteiger partial charge in [-0.3, -0.25) is 4.79 Å². The minimum absolute atomic E-state index is 0.0650. The third-order valence-electron chi connectivity index (χ3n) is 3.22. The first-order valence-corrected chi connectivity index (χ1v) is 6.54. The molecule has 0 aromatic heterocycles. The normalized spacial score (nSPS) is 17.1. The van der Waals surface area contributed by atoms with Gasteiger partial charge in [0.25, 0.3) is 0 Å². The largest absolute Gasteiger partial charge is 0.396 e. The van der Waals surface area contributed by atoms with Crippen LogP contribution in [0.25, 0.3) is 0 Å². The summed E-state index contributed by atoms with van der Waals surface area (Å²) in [7, 11) is 0. The van der Waals surface area contributed by atoms with Crippen LogP contribution in [-0.2, 0) is 11.2 Å². The Balaban J connectivity index is 1.72. The summed E-state index contributed by atoms with van der Waals surface area (Å²) >= 11 is 0. The van der Waals surface area contributed by atoms with Crippen LogP contribution in [0.3, 0.4) is 0 Å². The smallest absolute Gasteiger partial charge is 0.242 e. The van der Waals surface area contributed by atoms with Gasteiger partial charge in [0, 0.05) is 25.3 Å². The Kier molecular flexibility index (Phi) is 4.59. The third-order valence-corrected chi connectivity index (χ3v) is 3.22. The molecule has 1 amide bonds. The fourth-order valence-electron chi connectivity index (χ4n) is 2.20. The highest BCUT2D eigenvalue weighted by Gasteiger charge is 2.25. The summed E-state index contributed by atoms with van der Waals surface area (Å²) in [5.41, 5.74) is 2.27. The zero-order valence-corrected chi connectivity index (χ0v) is 10.5. The van der Waals surface area contributed by atoms with Crippen molar-refractivity contribution in [3.8, 4) is 0 Å². The predicted octanol–water partition coefficient (Wildman–Crippen LogP) is 1.30. The molecule has 0 fully saturated rings. The lowest BCUT2D eigenvalue weighted by Crippen LogP contribution is -2.38. The number of amides is 1. The Labute approximate surface area is 107 Å². The molecule has 0 saturated carbocycles. The van der Waals surface area contributed by atoms with Gasteiger partial charge < -0.3 is 15.7 Å². The van der Waals surface area contributed by atoms with Crippen molar-refractivity contribution in [3.63, 3.8) is 0 Å². The van der Waals surface area contributed by atoms with Crippen molar-refractivity contribution in [2.75, 3.05) is 18.5 Å². The molecule has 2 rings (SSSR count). The second kappa shape index (κ2) is 6.40. The number of rotatable bonds is 6. The van der Waals surface area contributed by atoms with Gasteiger partial charge in [-0.15, -0.1) is 0 Å². The molecule has 0 radical (unpaired) electrons. The monoisotopic (exact) mass is 248 g/mol. The van der Waals surface area contributed by atoms with Crippen LogP contribution in [0.1, 0.15) is 24.8 Å². The van der Waals surface area contributed by atoms with Crippen molar-refractivity contribution in [2.24, 2.45) is 0 Å². The number of aliphatic hydroxyl groups is 1. The average Bonchev–Trinajstić information content (AvgIpc) is 2.82. The van der Waals surface area contributed by atoms with Crippen molar-refractivity contribution < 1.29 is 9.90 Å². The number of hydrogen-bond acceptors (Lipinski definition) is 3. The summed E-state index contributed by atoms with van der Waals surface area (Å²) in [6, 6.07) is 7.89. The first-order valence-electron chi connectivity index (χ1n) is 6.54. The number of benzene rings is 1. The lowest BCUT2D eigenvalue weighted by molar-refractivity contribution is -0.121. The Hall–Kier alpha value is -1.55. The number of unbranched alkanes of at least 4 members (excludes halogenated alkanes) is 2. The van der Waals surface area contributed by atoms with Gasteiger partial charge in [-0.25, -0.2) is 0 Å². The zero-order chi connectivity index (χ0) is 12.8. The quantitative estimate of drug-likeness (QED) is 0.665. The lowest BCUT2D eigenvalue weighted by atomic mass is 10.1. The van der Waals surface area contributed by atoms with Crippen LogP contribution in [0, 0.1) is 0 Å². The van der Waals surface area contributed by atoms with Gasteiger partial charge in [0.1, 0.15) is 6.04 Å². The molecule has 0 spiro atoms. The molecule has 1 aliphatic heterocycles. The van der Waals surface area contributed by atoms with E-state index in [0.29, 0.717) is 6.54 Å². The number of anilines is 1. The van der Waals surface area contributed by atoms with Gasteiger partial charge in [0.2, 0.25) is 5.91 Å². The second-order valence-corrected chi connectivity index (χ2v) is 4.63. The van der Waals surface area contributed by atoms with E-state index in [1.165, 1.54) is 5.56 Å². The third kappa shape index (κ3) is 3.23. The number of carbonyl (C=O) groups is 1. The first kappa shape index (κ1) is 12.9. The van der Waals surface area contributed by atoms with Crippen molar-refractivity contribution in [2.45, 2.75) is 31.7 Å². The van der Waals surface area contributed by atoms with Crippen LogP contribution >= 0.6 is 0 Å². The lowest BCUT2D eigenvalue weighted by Gasteiger charge is -2.11. The molecule has 3 N–H and O–H groups in total. The van der Waals surface area contributed by atoms with Crippen LogP contribution in [0.2, 0.25) is 0 Å². The minimum atomic E-state index is -0.139. The minimum Gasteiger partial charge on any atom is -0.396 e. The zero-order valence-electron chi connectivity index (χ0n) is 10.5. The Morgan fingerprint density at radius 3 is 2.94 bits per heavy atom. The molecule has 1 heterocycles. The molecule has 1 aliphatic rings. The van der Waals surface area contributed by atoms with Crippen LogP contribution < -0.4 is 10.6 Å². The average molecular weight is 248 g/mol. The molecule has 18 heavy (non-hydrogen) atoms. The van der Waals surface area contributed by atoms with Crippen LogP contribution in [0.5, 0.6) is 0 Å². The fourth-order valence-corrected chi connectivity index (χ4v) is 2.20. The maximum Gasteiger partial charge on any atom is 0.242 e. The summed E-state index contributed by atoms with van der Waals surface area (Å²) in [6.45, 7) is 0.917. The highest BCUT2D eigenvalue weighted by molar-refractivity contribution is 5.87. The van der Waals surface area contributed by atoms with E-state index in [2.05, 4.69) is 16.7 Å². The molecule has 0 unspecified atom stereocenters. The topological polar surface area (TPSA) is 61.4 Å². The van der Waals surface area contributed by atoms with Crippen molar-refractivity contribution >= 4 is 11.6 Å². The molecular weight excluding hydrogens is 228 g/mol. The first-order chi connectivity index (χ1) is 8.81. The summed E-state index contributed by atoms with van der Waals surface area (Å²) < 4.78 is 0. The van der Waals surface area contributed by atoms with Crippen molar-refractivity contribution in [3.05, 3.63) is 29.8 Å². The molecule has 0 bridgehead atoms. The molecular formula is C14H20N2O2. The van der Waals surface area contributed by atoms with Crippen molar-refractivity contribution in [1.82, 2.24) is 5.32 Å². The van der Waals surface area contributed by atoms with E-state index in [1.807, 2.05) is 18.2 Å². The van der Waals surface area contributed by atoms with Gasteiger partial charge in [-0.2, -0.15) is 0 Å². The van der Waals surface area contributed by atoms with E-state index in [4.69, 9.17) is 5.11 Å². The van der Waals surface area contributed by atoms with E-state index in [9.17, 15) is 4.79 Å². The Morgan fingerprint density at radius 1 is 1.33 bits per heavy atom. The maximum absolute atomic E-state index is 11.9. The maximum atomic E-state index is 11.9. The van der Waals surface area contributed by atoms with Crippen LogP contribution in [0.4, 0.5) is 5.69 Å². The van der Waals surface area contributed by atoms with Gasteiger partial charge in [0.15, 0.2) is 0 Å². The molecule has 1 atom stereocenters. The van der Waals surface area contributed by atoms with Gasteiger partial charge in [-0.1, -0.05) is 18.2 Å². The molecule has 1 aromatic carbocycles. The number of carbonyl (C=O) groups excluding carboxylic acids is 1. The van der Waals surface area contributed by atoms with E-state index in [0.717, 1.165) is 31.4 Å². The van der Waals surface area contributed by atoms with E-state index in [-0.39, 0.29) is 18.6 Å².